The lowest BCUT2D eigenvalue weighted by Crippen LogP contribution is -2.23. The number of nitrogens with zero attached hydrogens (tertiary/aromatic N) is 1. The summed E-state index contributed by atoms with van der Waals surface area (Å²) in [5, 5.41) is 11.6. The molecule has 1 rings (SSSR count). The van der Waals surface area contributed by atoms with Crippen LogP contribution in [0.5, 0.6) is 0 Å². The third-order valence-corrected chi connectivity index (χ3v) is 3.78. The fourth-order valence-electron chi connectivity index (χ4n) is 2.23. The number of hydrogen-bond donors (Lipinski definition) is 2. The third-order valence-electron chi connectivity index (χ3n) is 3.78. The second-order valence-corrected chi connectivity index (χ2v) is 5.74. The van der Waals surface area contributed by atoms with E-state index in [0.29, 0.717) is 18.4 Å². The van der Waals surface area contributed by atoms with E-state index in [1.807, 2.05) is 0 Å². The predicted molar refractivity (Wildman–Crippen MR) is 73.9 cm³/mol. The third kappa shape index (κ3) is 5.71. The van der Waals surface area contributed by atoms with E-state index in [-0.39, 0.29) is 5.41 Å². The topological polar surface area (TPSA) is 67.8 Å². The first-order valence-corrected chi connectivity index (χ1v) is 7.20. The second-order valence-electron chi connectivity index (χ2n) is 5.74. The number of nitrogens with two attached hydrogens (primary N) is 1. The highest BCUT2D eigenvalue weighted by molar-refractivity contribution is 5.80. The van der Waals surface area contributed by atoms with Crippen molar-refractivity contribution in [1.82, 2.24) is 0 Å². The van der Waals surface area contributed by atoms with Crippen LogP contribution in [0, 0.1) is 5.41 Å². The molecule has 0 aromatic carbocycles. The summed E-state index contributed by atoms with van der Waals surface area (Å²) in [7, 11) is 0. The lowest BCUT2D eigenvalue weighted by molar-refractivity contribution is 0.0282. The smallest absolute Gasteiger partial charge is 0.139 e. The van der Waals surface area contributed by atoms with Crippen LogP contribution >= 0.6 is 0 Å². The van der Waals surface area contributed by atoms with Crippen molar-refractivity contribution in [3.8, 4) is 0 Å². The van der Waals surface area contributed by atoms with Crippen LogP contribution in [0.2, 0.25) is 0 Å². The normalized spacial score (nSPS) is 19.8. The Kier molecular flexibility index (Phi) is 6.47. The van der Waals surface area contributed by atoms with Crippen LogP contribution in [0.25, 0.3) is 0 Å². The van der Waals surface area contributed by atoms with Crippen molar-refractivity contribution in [2.75, 3.05) is 6.61 Å². The molecule has 1 atom stereocenters. The molecule has 4 heteroatoms. The Bertz CT molecular complexity index is 263. The summed E-state index contributed by atoms with van der Waals surface area (Å²) in [6.07, 6.45) is 9.54. The number of ether oxygens (including phenoxy) is 1. The first-order chi connectivity index (χ1) is 8.62. The fraction of sp³-hybridized carbons (Fsp3) is 0.929. The predicted octanol–water partition coefficient (Wildman–Crippen LogP) is 3.28. The van der Waals surface area contributed by atoms with Gasteiger partial charge in [0.1, 0.15) is 5.84 Å². The summed E-state index contributed by atoms with van der Waals surface area (Å²) in [6.45, 7) is 5.12. The zero-order valence-electron chi connectivity index (χ0n) is 11.8. The van der Waals surface area contributed by atoms with E-state index < -0.39 is 0 Å². The quantitative estimate of drug-likeness (QED) is 0.207. The highest BCUT2D eigenvalue weighted by Gasteiger charge is 2.43. The molecule has 1 fully saturated rings. The molecule has 1 unspecified atom stereocenters. The van der Waals surface area contributed by atoms with Crippen LogP contribution in [0.4, 0.5) is 0 Å². The molecule has 3 N–H and O–H groups in total. The van der Waals surface area contributed by atoms with Crippen LogP contribution < -0.4 is 5.73 Å². The molecule has 4 nitrogen and oxygen atoms in total. The van der Waals surface area contributed by atoms with E-state index in [1.54, 1.807) is 0 Å². The van der Waals surface area contributed by atoms with Gasteiger partial charge < -0.3 is 15.7 Å². The maximum Gasteiger partial charge on any atom is 0.139 e. The summed E-state index contributed by atoms with van der Waals surface area (Å²) in [5.74, 6) is 0.326. The van der Waals surface area contributed by atoms with E-state index in [0.717, 1.165) is 25.9 Å². The standard InChI is InChI=1S/C14H28N2O2/c1-3-4-5-6-7-12(2)18-11-14(8-9-14)10-13(15)16-17/h12,17H,3-11H2,1-2H3,(H2,15,16). The van der Waals surface area contributed by atoms with Crippen molar-refractivity contribution in [3.05, 3.63) is 0 Å². The van der Waals surface area contributed by atoms with E-state index in [1.165, 1.54) is 25.7 Å². The number of amidine groups is 1. The first-order valence-electron chi connectivity index (χ1n) is 7.20. The van der Waals surface area contributed by atoms with E-state index in [2.05, 4.69) is 19.0 Å². The Morgan fingerprint density at radius 2 is 2.11 bits per heavy atom. The van der Waals surface area contributed by atoms with Crippen molar-refractivity contribution < 1.29 is 9.94 Å². The molecule has 1 saturated carbocycles. The van der Waals surface area contributed by atoms with Crippen LogP contribution in [-0.4, -0.2) is 23.8 Å². The van der Waals surface area contributed by atoms with Gasteiger partial charge in [-0.25, -0.2) is 0 Å². The Morgan fingerprint density at radius 1 is 1.39 bits per heavy atom. The molecule has 1 aliphatic rings. The highest BCUT2D eigenvalue weighted by Crippen LogP contribution is 2.49. The van der Waals surface area contributed by atoms with Crippen molar-refractivity contribution in [2.45, 2.75) is 71.3 Å². The lowest BCUT2D eigenvalue weighted by Gasteiger charge is -2.19. The maximum atomic E-state index is 8.59. The van der Waals surface area contributed by atoms with E-state index in [9.17, 15) is 0 Å². The van der Waals surface area contributed by atoms with Gasteiger partial charge in [-0.05, 0) is 26.2 Å². The SMILES string of the molecule is CCCCCCC(C)OCC1(CC(N)=NO)CC1. The van der Waals surface area contributed by atoms with Crippen LogP contribution in [-0.2, 0) is 4.74 Å². The Morgan fingerprint density at radius 3 is 2.67 bits per heavy atom. The van der Waals surface area contributed by atoms with Gasteiger partial charge in [-0.3, -0.25) is 0 Å². The van der Waals surface area contributed by atoms with Gasteiger partial charge in [0.05, 0.1) is 12.7 Å². The van der Waals surface area contributed by atoms with Gasteiger partial charge in [0.25, 0.3) is 0 Å². The largest absolute Gasteiger partial charge is 0.409 e. The van der Waals surface area contributed by atoms with Crippen LogP contribution in [0.3, 0.4) is 0 Å². The molecule has 1 aliphatic carbocycles. The van der Waals surface area contributed by atoms with Gasteiger partial charge in [-0.2, -0.15) is 0 Å². The summed E-state index contributed by atoms with van der Waals surface area (Å²) in [4.78, 5) is 0. The molecular formula is C14H28N2O2. The van der Waals surface area contributed by atoms with Gasteiger partial charge in [0, 0.05) is 11.8 Å². The molecule has 18 heavy (non-hydrogen) atoms. The van der Waals surface area contributed by atoms with Gasteiger partial charge >= 0.3 is 0 Å². The summed E-state index contributed by atoms with van der Waals surface area (Å²) < 4.78 is 5.90. The molecule has 0 saturated heterocycles. The number of oxime groups is 1. The lowest BCUT2D eigenvalue weighted by atomic mass is 10.0. The minimum Gasteiger partial charge on any atom is -0.409 e. The minimum atomic E-state index is 0.161. The Labute approximate surface area is 111 Å². The van der Waals surface area contributed by atoms with Crippen LogP contribution in [0.1, 0.15) is 65.2 Å². The Balaban J connectivity index is 2.12. The van der Waals surface area contributed by atoms with Crippen molar-refractivity contribution in [3.63, 3.8) is 0 Å². The van der Waals surface area contributed by atoms with Gasteiger partial charge in [-0.1, -0.05) is 37.8 Å². The zero-order chi connectivity index (χ0) is 13.4. The van der Waals surface area contributed by atoms with Crippen molar-refractivity contribution in [2.24, 2.45) is 16.3 Å². The molecule has 0 aliphatic heterocycles. The van der Waals surface area contributed by atoms with Crippen molar-refractivity contribution in [1.29, 1.82) is 0 Å². The van der Waals surface area contributed by atoms with Gasteiger partial charge in [-0.15, -0.1) is 0 Å². The number of unbranched alkanes of at least 4 members (excludes halogenated alkanes) is 3. The molecule has 0 amide bonds. The van der Waals surface area contributed by atoms with E-state index in [4.69, 9.17) is 15.7 Å². The first kappa shape index (κ1) is 15.3. The van der Waals surface area contributed by atoms with Crippen molar-refractivity contribution >= 4 is 5.84 Å². The fourth-order valence-corrected chi connectivity index (χ4v) is 2.23. The summed E-state index contributed by atoms with van der Waals surface area (Å²) >= 11 is 0. The molecule has 0 bridgehead atoms. The zero-order valence-corrected chi connectivity index (χ0v) is 11.8. The Hall–Kier alpha value is -0.770. The van der Waals surface area contributed by atoms with Crippen LogP contribution in [0.15, 0.2) is 5.16 Å². The molecule has 0 radical (unpaired) electrons. The highest BCUT2D eigenvalue weighted by atomic mass is 16.5. The minimum absolute atomic E-state index is 0.161. The van der Waals surface area contributed by atoms with Gasteiger partial charge in [0.15, 0.2) is 0 Å². The average Bonchev–Trinajstić information content (AvgIpc) is 3.12. The summed E-state index contributed by atoms with van der Waals surface area (Å²) in [5.41, 5.74) is 5.72. The molecular weight excluding hydrogens is 228 g/mol. The molecule has 0 aromatic rings. The molecule has 0 aromatic heterocycles. The van der Waals surface area contributed by atoms with E-state index >= 15 is 0 Å². The number of hydrogen-bond acceptors (Lipinski definition) is 3. The van der Waals surface area contributed by atoms with Gasteiger partial charge in [0.2, 0.25) is 0 Å². The molecule has 0 spiro atoms. The summed E-state index contributed by atoms with van der Waals surface area (Å²) in [6, 6.07) is 0. The second kappa shape index (κ2) is 7.62. The maximum absolute atomic E-state index is 8.59. The monoisotopic (exact) mass is 256 g/mol. The number of rotatable bonds is 10. The molecule has 106 valence electrons. The molecule has 0 heterocycles. The average molecular weight is 256 g/mol.